The molecule has 1 aromatic carbocycles. The SMILES string of the molecule is C=C(C)CCCCCCCCCCCCCCCCC(=O)NCCCCCC(=O)NCCOCCOCC(=O)NCCOCCOCC(=O)NCCCC[C@@H]1NC(=O)[C@H](CCC)NC(=O)CCSCCCNC(=O)CNC(O)C[C@H](Cc2ccccc2)NC1=O. The van der Waals surface area contributed by atoms with Gasteiger partial charge in [-0.15, -0.1) is 6.58 Å². The van der Waals surface area contributed by atoms with Crippen molar-refractivity contribution in [1.29, 1.82) is 0 Å². The predicted octanol–water partition coefficient (Wildman–Crippen LogP) is 6.50. The molecule has 1 fully saturated rings. The van der Waals surface area contributed by atoms with E-state index in [1.807, 2.05) is 37.3 Å². The van der Waals surface area contributed by atoms with E-state index in [0.717, 1.165) is 43.4 Å². The van der Waals surface area contributed by atoms with E-state index in [4.69, 9.17) is 18.9 Å². The van der Waals surface area contributed by atoms with Gasteiger partial charge in [-0.05, 0) is 88.9 Å². The van der Waals surface area contributed by atoms with Gasteiger partial charge in [0.25, 0.3) is 0 Å². The molecule has 90 heavy (non-hydrogen) atoms. The van der Waals surface area contributed by atoms with E-state index in [2.05, 4.69) is 61.4 Å². The molecule has 0 aliphatic carbocycles. The van der Waals surface area contributed by atoms with Crippen LogP contribution in [0.4, 0.5) is 0 Å². The number of unbranched alkanes of at least 4 members (excludes halogenated alkanes) is 16. The molecule has 8 amide bonds. The topological polar surface area (TPSA) is 302 Å². The lowest BCUT2D eigenvalue weighted by atomic mass is 10.0. The number of amides is 8. The third-order valence-corrected chi connectivity index (χ3v) is 16.1. The molecule has 0 aromatic heterocycles. The van der Waals surface area contributed by atoms with Gasteiger partial charge < -0.3 is 66.6 Å². The Morgan fingerprint density at radius 1 is 0.556 bits per heavy atom. The summed E-state index contributed by atoms with van der Waals surface area (Å²) in [7, 11) is 0. The minimum absolute atomic E-state index is 0.0377. The van der Waals surface area contributed by atoms with Crippen LogP contribution in [0.3, 0.4) is 0 Å². The number of allylic oxidation sites excluding steroid dienone is 1. The summed E-state index contributed by atoms with van der Waals surface area (Å²) in [6.45, 7) is 10.9. The average molecular weight is 1290 g/mol. The Labute approximate surface area is 543 Å². The molecule has 2 rings (SSSR count). The van der Waals surface area contributed by atoms with E-state index in [1.165, 1.54) is 89.0 Å². The zero-order valence-electron chi connectivity index (χ0n) is 55.0. The molecule has 0 saturated carbocycles. The monoisotopic (exact) mass is 1290 g/mol. The Morgan fingerprint density at radius 3 is 1.62 bits per heavy atom. The van der Waals surface area contributed by atoms with E-state index in [9.17, 15) is 43.5 Å². The van der Waals surface area contributed by atoms with E-state index >= 15 is 0 Å². The van der Waals surface area contributed by atoms with Gasteiger partial charge in [-0.3, -0.25) is 43.7 Å². The summed E-state index contributed by atoms with van der Waals surface area (Å²) < 4.78 is 21.8. The van der Waals surface area contributed by atoms with Gasteiger partial charge in [-0.25, -0.2) is 0 Å². The fourth-order valence-corrected chi connectivity index (χ4v) is 10.9. The zero-order valence-corrected chi connectivity index (χ0v) is 55.8. The van der Waals surface area contributed by atoms with E-state index in [-0.39, 0.29) is 121 Å². The van der Waals surface area contributed by atoms with Crippen molar-refractivity contribution in [2.75, 3.05) is 104 Å². The van der Waals surface area contributed by atoms with Crippen LogP contribution in [-0.2, 0) is 63.7 Å². The molecule has 23 heteroatoms. The number of hydrogen-bond donors (Lipinski definition) is 10. The number of hydrogen-bond acceptors (Lipinski definition) is 15. The van der Waals surface area contributed by atoms with Crippen LogP contribution in [0.15, 0.2) is 42.5 Å². The highest BCUT2D eigenvalue weighted by atomic mass is 32.2. The third kappa shape index (κ3) is 48.6. The molecular formula is C67H117N9O13S. The van der Waals surface area contributed by atoms with Crippen molar-refractivity contribution in [2.45, 2.75) is 224 Å². The molecule has 10 N–H and O–H groups in total. The summed E-state index contributed by atoms with van der Waals surface area (Å²) in [6.07, 6.45) is 25.0. The number of benzene rings is 1. The first-order valence-corrected chi connectivity index (χ1v) is 35.1. The molecule has 1 aliphatic rings. The molecule has 0 radical (unpaired) electrons. The fraction of sp³-hybridized carbons (Fsp3) is 0.761. The minimum atomic E-state index is -1.12. The van der Waals surface area contributed by atoms with Crippen LogP contribution < -0.4 is 47.9 Å². The number of thioether (sulfide) groups is 1. The third-order valence-electron chi connectivity index (χ3n) is 15.0. The van der Waals surface area contributed by atoms with Crippen LogP contribution in [0, 0.1) is 0 Å². The summed E-state index contributed by atoms with van der Waals surface area (Å²) in [6, 6.07) is 7.04. The first-order chi connectivity index (χ1) is 43.7. The lowest BCUT2D eigenvalue weighted by Crippen LogP contribution is -2.55. The molecule has 1 aliphatic heterocycles. The number of aliphatic hydroxyl groups is 1. The van der Waals surface area contributed by atoms with Crippen LogP contribution in [0.1, 0.15) is 199 Å². The second-order valence-electron chi connectivity index (χ2n) is 23.5. The molecule has 514 valence electrons. The summed E-state index contributed by atoms with van der Waals surface area (Å²) in [4.78, 5) is 102. The lowest BCUT2D eigenvalue weighted by Gasteiger charge is -2.27. The van der Waals surface area contributed by atoms with Crippen molar-refractivity contribution >= 4 is 59.0 Å². The smallest absolute Gasteiger partial charge is 0.246 e. The van der Waals surface area contributed by atoms with Crippen molar-refractivity contribution in [1.82, 2.24) is 47.9 Å². The Balaban J connectivity index is 1.50. The zero-order chi connectivity index (χ0) is 65.3. The Morgan fingerprint density at radius 2 is 1.04 bits per heavy atom. The molecule has 1 unspecified atom stereocenters. The van der Waals surface area contributed by atoms with Crippen LogP contribution >= 0.6 is 11.8 Å². The highest BCUT2D eigenvalue weighted by Gasteiger charge is 2.29. The number of carbonyl (C=O) groups is 8. The molecule has 1 saturated heterocycles. The maximum absolute atomic E-state index is 14.1. The van der Waals surface area contributed by atoms with Crippen LogP contribution in [0.25, 0.3) is 0 Å². The van der Waals surface area contributed by atoms with Gasteiger partial charge >= 0.3 is 0 Å². The Hall–Kier alpha value is -5.17. The van der Waals surface area contributed by atoms with E-state index in [1.54, 1.807) is 11.8 Å². The highest BCUT2D eigenvalue weighted by molar-refractivity contribution is 7.99. The van der Waals surface area contributed by atoms with Gasteiger partial charge in [0.15, 0.2) is 0 Å². The van der Waals surface area contributed by atoms with Gasteiger partial charge in [0.1, 0.15) is 31.5 Å². The second-order valence-corrected chi connectivity index (χ2v) is 24.7. The van der Waals surface area contributed by atoms with Crippen molar-refractivity contribution in [3.63, 3.8) is 0 Å². The van der Waals surface area contributed by atoms with E-state index in [0.29, 0.717) is 83.4 Å². The molecule has 0 bridgehead atoms. The second kappa shape index (κ2) is 56.6. The normalized spacial score (nSPS) is 17.4. The molecule has 1 aromatic rings. The molecule has 22 nitrogen and oxygen atoms in total. The predicted molar refractivity (Wildman–Crippen MR) is 355 cm³/mol. The highest BCUT2D eigenvalue weighted by Crippen LogP contribution is 2.16. The number of carbonyl (C=O) groups excluding carboxylic acids is 8. The average Bonchev–Trinajstić information content (AvgIpc) is 3.70. The van der Waals surface area contributed by atoms with Gasteiger partial charge in [0.05, 0.1) is 46.2 Å². The lowest BCUT2D eigenvalue weighted by molar-refractivity contribution is -0.132. The van der Waals surface area contributed by atoms with Crippen molar-refractivity contribution in [3.05, 3.63) is 48.0 Å². The molecule has 0 spiro atoms. The number of aliphatic hydroxyl groups excluding tert-OH is 1. The summed E-state index contributed by atoms with van der Waals surface area (Å²) in [5, 5.41) is 36.7. The summed E-state index contributed by atoms with van der Waals surface area (Å²) in [5.41, 5.74) is 2.21. The van der Waals surface area contributed by atoms with Gasteiger partial charge in [-0.1, -0.05) is 133 Å². The van der Waals surface area contributed by atoms with Crippen molar-refractivity contribution < 1.29 is 62.4 Å². The van der Waals surface area contributed by atoms with Gasteiger partial charge in [-0.2, -0.15) is 11.8 Å². The maximum atomic E-state index is 14.1. The fourth-order valence-electron chi connectivity index (χ4n) is 9.98. The first kappa shape index (κ1) is 80.9. The van der Waals surface area contributed by atoms with Crippen LogP contribution in [0.5, 0.6) is 0 Å². The van der Waals surface area contributed by atoms with Crippen LogP contribution in [-0.4, -0.2) is 180 Å². The van der Waals surface area contributed by atoms with Crippen molar-refractivity contribution in [3.8, 4) is 0 Å². The van der Waals surface area contributed by atoms with E-state index < -0.39 is 36.2 Å². The minimum Gasteiger partial charge on any atom is -0.379 e. The maximum Gasteiger partial charge on any atom is 0.246 e. The largest absolute Gasteiger partial charge is 0.379 e. The Kier molecular flexibility index (Phi) is 50.9. The summed E-state index contributed by atoms with van der Waals surface area (Å²) in [5.74, 6) is -0.782. The molecular weight excluding hydrogens is 1170 g/mol. The molecule has 4 atom stereocenters. The first-order valence-electron chi connectivity index (χ1n) is 34.0. The van der Waals surface area contributed by atoms with Crippen molar-refractivity contribution in [2.24, 2.45) is 0 Å². The number of rotatable bonds is 48. The quantitative estimate of drug-likeness (QED) is 0.0246. The van der Waals surface area contributed by atoms with Crippen LogP contribution in [0.2, 0.25) is 0 Å². The standard InChI is InChI=1S/C67H117N9O13S/c1-4-28-57-67(85)76-58(66(84)74-56(49-55-30-20-17-21-31-55)50-62(80)73-51-63(81)69-38-27-47-90-48-35-61(79)75-57)32-24-26-37-70-64(82)52-88-45-44-87-42-40-72-65(83)53-89-46-43-86-41-39-71-60(78)34-23-18-25-36-68-59(77)33-22-16-14-12-10-8-6-5-7-9-11-13-15-19-29-54(2)3/h17,20-21,30-31,56-58,62,73,80H,2,4-16,18-19,22-29,32-53H2,1,3H3,(H,68,77)(H,69,81)(H,70,82)(H,71,78)(H,72,83)(H,74,84)(H,75,79)(H,76,85)/t56-,57-,58-,62?/m0/s1. The number of nitrogens with one attached hydrogen (secondary N) is 9. The van der Waals surface area contributed by atoms with Gasteiger partial charge in [0.2, 0.25) is 47.3 Å². The summed E-state index contributed by atoms with van der Waals surface area (Å²) >= 11 is 1.57. The molecule has 1 heterocycles. The Bertz CT molecular complexity index is 2100. The van der Waals surface area contributed by atoms with Gasteiger partial charge in [0, 0.05) is 70.2 Å². The number of ether oxygens (including phenoxy) is 4.